The molecule has 0 aliphatic heterocycles. The summed E-state index contributed by atoms with van der Waals surface area (Å²) in [6.07, 6.45) is 0.661. The van der Waals surface area contributed by atoms with E-state index in [1.807, 2.05) is 30.3 Å². The van der Waals surface area contributed by atoms with E-state index < -0.39 is 17.9 Å². The Morgan fingerprint density at radius 2 is 1.78 bits per heavy atom. The molecule has 0 heterocycles. The molecule has 0 saturated heterocycles. The summed E-state index contributed by atoms with van der Waals surface area (Å²) in [7, 11) is 0. The molecular weight excluding hydrogens is 296 g/mol. The molecule has 0 spiro atoms. The van der Waals surface area contributed by atoms with Gasteiger partial charge in [0.05, 0.1) is 12.5 Å². The molecule has 0 fully saturated rings. The first kappa shape index (κ1) is 18.7. The molecule has 2 atom stereocenters. The molecule has 2 N–H and O–H groups in total. The Morgan fingerprint density at radius 3 is 2.30 bits per heavy atom. The molecule has 0 aliphatic rings. The zero-order valence-electron chi connectivity index (χ0n) is 13.8. The van der Waals surface area contributed by atoms with Crippen molar-refractivity contribution in [1.82, 2.24) is 10.2 Å². The number of amides is 2. The number of aliphatic carboxylic acids is 1. The quantitative estimate of drug-likeness (QED) is 0.756. The molecule has 1 aromatic rings. The third kappa shape index (κ3) is 6.50. The van der Waals surface area contributed by atoms with Crippen LogP contribution in [0.1, 0.15) is 26.3 Å². The van der Waals surface area contributed by atoms with Gasteiger partial charge in [-0.15, -0.1) is 0 Å². The number of carboxylic acid groups (broad SMARTS) is 1. The number of carboxylic acids is 1. The molecular formula is C17H24N2O4. The molecule has 2 amide bonds. The van der Waals surface area contributed by atoms with Gasteiger partial charge in [0.15, 0.2) is 0 Å². The van der Waals surface area contributed by atoms with Gasteiger partial charge in [-0.05, 0) is 25.8 Å². The summed E-state index contributed by atoms with van der Waals surface area (Å²) in [6.45, 7) is 4.96. The SMILES string of the molecule is CC(=O)N(CCc1ccccc1)CC(=O)NC(C)C(C)C(=O)O. The first-order valence-electron chi connectivity index (χ1n) is 7.63. The third-order valence-electron chi connectivity index (χ3n) is 3.82. The van der Waals surface area contributed by atoms with Crippen molar-refractivity contribution in [3.8, 4) is 0 Å². The smallest absolute Gasteiger partial charge is 0.308 e. The van der Waals surface area contributed by atoms with Gasteiger partial charge in [0.1, 0.15) is 0 Å². The second-order valence-corrected chi connectivity index (χ2v) is 5.66. The standard InChI is InChI=1S/C17H24N2O4/c1-12(17(22)23)13(2)18-16(21)11-19(14(3)20)10-9-15-7-5-4-6-8-15/h4-8,12-13H,9-11H2,1-3H3,(H,18,21)(H,22,23). The summed E-state index contributed by atoms with van der Waals surface area (Å²) >= 11 is 0. The Bertz CT molecular complexity index is 545. The average Bonchev–Trinajstić information content (AvgIpc) is 2.51. The Hall–Kier alpha value is -2.37. The molecule has 0 radical (unpaired) electrons. The summed E-state index contributed by atoms with van der Waals surface area (Å²) in [5.41, 5.74) is 1.09. The van der Waals surface area contributed by atoms with E-state index >= 15 is 0 Å². The van der Waals surface area contributed by atoms with Crippen molar-refractivity contribution in [2.24, 2.45) is 5.92 Å². The van der Waals surface area contributed by atoms with Gasteiger partial charge in [0.25, 0.3) is 0 Å². The maximum absolute atomic E-state index is 12.0. The fraction of sp³-hybridized carbons (Fsp3) is 0.471. The van der Waals surface area contributed by atoms with Crippen molar-refractivity contribution >= 4 is 17.8 Å². The van der Waals surface area contributed by atoms with Crippen LogP contribution in [0.2, 0.25) is 0 Å². The van der Waals surface area contributed by atoms with Crippen molar-refractivity contribution in [3.63, 3.8) is 0 Å². The van der Waals surface area contributed by atoms with Crippen LogP contribution in [-0.4, -0.2) is 46.9 Å². The Labute approximate surface area is 136 Å². The number of carbonyl (C=O) groups is 3. The van der Waals surface area contributed by atoms with Gasteiger partial charge >= 0.3 is 5.97 Å². The predicted molar refractivity (Wildman–Crippen MR) is 86.8 cm³/mol. The van der Waals surface area contributed by atoms with Crippen molar-refractivity contribution in [2.45, 2.75) is 33.2 Å². The largest absolute Gasteiger partial charge is 0.481 e. The first-order chi connectivity index (χ1) is 10.8. The van der Waals surface area contributed by atoms with Gasteiger partial charge in [-0.2, -0.15) is 0 Å². The van der Waals surface area contributed by atoms with E-state index in [9.17, 15) is 14.4 Å². The molecule has 0 bridgehead atoms. The lowest BCUT2D eigenvalue weighted by Crippen LogP contribution is -2.46. The van der Waals surface area contributed by atoms with Crippen molar-refractivity contribution < 1.29 is 19.5 Å². The highest BCUT2D eigenvalue weighted by Gasteiger charge is 2.22. The minimum atomic E-state index is -0.967. The summed E-state index contributed by atoms with van der Waals surface area (Å²) in [6, 6.07) is 9.21. The predicted octanol–water partition coefficient (Wildman–Crippen LogP) is 1.30. The van der Waals surface area contributed by atoms with Gasteiger partial charge in [-0.1, -0.05) is 30.3 Å². The fourth-order valence-corrected chi connectivity index (χ4v) is 2.07. The lowest BCUT2D eigenvalue weighted by Gasteiger charge is -2.23. The Balaban J connectivity index is 2.53. The normalized spacial score (nSPS) is 13.0. The topological polar surface area (TPSA) is 86.7 Å². The Kier molecular flexibility index (Phi) is 7.25. The van der Waals surface area contributed by atoms with Gasteiger partial charge in [-0.3, -0.25) is 14.4 Å². The van der Waals surface area contributed by atoms with E-state index in [1.54, 1.807) is 6.92 Å². The fourth-order valence-electron chi connectivity index (χ4n) is 2.07. The lowest BCUT2D eigenvalue weighted by atomic mass is 10.0. The van der Waals surface area contributed by atoms with Crippen LogP contribution < -0.4 is 5.32 Å². The molecule has 0 aromatic heterocycles. The number of nitrogens with zero attached hydrogens (tertiary/aromatic N) is 1. The van der Waals surface area contributed by atoms with Crippen molar-refractivity contribution in [2.75, 3.05) is 13.1 Å². The van der Waals surface area contributed by atoms with Gasteiger partial charge < -0.3 is 15.3 Å². The molecule has 0 aliphatic carbocycles. The van der Waals surface area contributed by atoms with Crippen molar-refractivity contribution in [1.29, 1.82) is 0 Å². The summed E-state index contributed by atoms with van der Waals surface area (Å²) in [5, 5.41) is 11.6. The maximum Gasteiger partial charge on any atom is 0.308 e. The molecule has 2 unspecified atom stereocenters. The molecule has 1 rings (SSSR count). The van der Waals surface area contributed by atoms with E-state index in [0.29, 0.717) is 13.0 Å². The summed E-state index contributed by atoms with van der Waals surface area (Å²) in [5.74, 6) is -2.19. The van der Waals surface area contributed by atoms with Gasteiger partial charge in [-0.25, -0.2) is 0 Å². The van der Waals surface area contributed by atoms with Crippen LogP contribution in [0.4, 0.5) is 0 Å². The van der Waals surface area contributed by atoms with Crippen LogP contribution in [0.3, 0.4) is 0 Å². The van der Waals surface area contributed by atoms with Crippen LogP contribution in [0, 0.1) is 5.92 Å². The molecule has 1 aromatic carbocycles. The molecule has 0 saturated carbocycles. The number of nitrogens with one attached hydrogen (secondary N) is 1. The second kappa shape index (κ2) is 8.92. The highest BCUT2D eigenvalue weighted by Crippen LogP contribution is 2.04. The lowest BCUT2D eigenvalue weighted by molar-refractivity contribution is -0.142. The molecule has 6 nitrogen and oxygen atoms in total. The molecule has 23 heavy (non-hydrogen) atoms. The van der Waals surface area contributed by atoms with E-state index in [1.165, 1.54) is 18.7 Å². The monoisotopic (exact) mass is 320 g/mol. The summed E-state index contributed by atoms with van der Waals surface area (Å²) in [4.78, 5) is 36.0. The van der Waals surface area contributed by atoms with Gasteiger partial charge in [0.2, 0.25) is 11.8 Å². The third-order valence-corrected chi connectivity index (χ3v) is 3.82. The second-order valence-electron chi connectivity index (χ2n) is 5.66. The van der Waals surface area contributed by atoms with E-state index in [-0.39, 0.29) is 18.4 Å². The van der Waals surface area contributed by atoms with Crippen molar-refractivity contribution in [3.05, 3.63) is 35.9 Å². The Morgan fingerprint density at radius 1 is 1.17 bits per heavy atom. The highest BCUT2D eigenvalue weighted by molar-refractivity contribution is 5.84. The van der Waals surface area contributed by atoms with Crippen LogP contribution in [0.15, 0.2) is 30.3 Å². The number of carbonyl (C=O) groups excluding carboxylic acids is 2. The number of rotatable bonds is 8. The first-order valence-corrected chi connectivity index (χ1v) is 7.63. The van der Waals surface area contributed by atoms with Crippen LogP contribution >= 0.6 is 0 Å². The maximum atomic E-state index is 12.0. The van der Waals surface area contributed by atoms with E-state index in [4.69, 9.17) is 5.11 Å². The van der Waals surface area contributed by atoms with E-state index in [2.05, 4.69) is 5.32 Å². The zero-order valence-corrected chi connectivity index (χ0v) is 13.8. The van der Waals surface area contributed by atoms with E-state index in [0.717, 1.165) is 5.56 Å². The zero-order chi connectivity index (χ0) is 17.4. The van der Waals surface area contributed by atoms with Crippen LogP contribution in [0.25, 0.3) is 0 Å². The van der Waals surface area contributed by atoms with Crippen LogP contribution in [-0.2, 0) is 20.8 Å². The number of hydrogen-bond donors (Lipinski definition) is 2. The summed E-state index contributed by atoms with van der Waals surface area (Å²) < 4.78 is 0. The molecule has 126 valence electrons. The number of benzene rings is 1. The minimum Gasteiger partial charge on any atom is -0.481 e. The minimum absolute atomic E-state index is 0.0706. The van der Waals surface area contributed by atoms with Gasteiger partial charge in [0, 0.05) is 19.5 Å². The number of hydrogen-bond acceptors (Lipinski definition) is 3. The van der Waals surface area contributed by atoms with Crippen LogP contribution in [0.5, 0.6) is 0 Å². The molecule has 6 heteroatoms. The average molecular weight is 320 g/mol. The highest BCUT2D eigenvalue weighted by atomic mass is 16.4.